The third-order valence-corrected chi connectivity index (χ3v) is 11.0. The van der Waals surface area contributed by atoms with Crippen molar-refractivity contribution in [2.45, 2.75) is 62.6 Å². The zero-order valence-electron chi connectivity index (χ0n) is 27.7. The van der Waals surface area contributed by atoms with E-state index in [0.29, 0.717) is 60.1 Å². The maximum atomic E-state index is 13.8. The molecule has 3 aromatic rings. The van der Waals surface area contributed by atoms with Crippen molar-refractivity contribution < 1.29 is 35.9 Å². The Morgan fingerprint density at radius 1 is 0.686 bits per heavy atom. The van der Waals surface area contributed by atoms with Gasteiger partial charge in [-0.15, -0.1) is 0 Å². The minimum absolute atomic E-state index is 0.0430. The van der Waals surface area contributed by atoms with Gasteiger partial charge in [-0.3, -0.25) is 19.4 Å². The van der Waals surface area contributed by atoms with E-state index in [2.05, 4.69) is 9.80 Å². The molecule has 6 rings (SSSR count). The lowest BCUT2D eigenvalue weighted by molar-refractivity contribution is -0.143. The number of hydrogen-bond acceptors (Lipinski definition) is 4. The number of nitrogens with zero attached hydrogens (tertiary/aromatic N) is 4. The largest absolute Gasteiger partial charge is 0.416 e. The highest BCUT2D eigenvalue weighted by Crippen LogP contribution is 2.37. The SMILES string of the molecule is O=C(c1c(Cl)cccc1Cl)N1CCCC(N2CCN([C@H]3CCN(C(=O)c4cc(C(F)(F)F)cc(C(F)(F)F)c4)[C@H](Cc4ccccc4)C3)CC2)C1. The van der Waals surface area contributed by atoms with Gasteiger partial charge in [0.15, 0.2) is 0 Å². The van der Waals surface area contributed by atoms with Crippen LogP contribution in [0.1, 0.15) is 63.1 Å². The van der Waals surface area contributed by atoms with Gasteiger partial charge in [0.05, 0.1) is 26.7 Å². The predicted molar refractivity (Wildman–Crippen MR) is 183 cm³/mol. The zero-order valence-corrected chi connectivity index (χ0v) is 29.2. The van der Waals surface area contributed by atoms with E-state index in [1.54, 1.807) is 18.2 Å². The first-order chi connectivity index (χ1) is 24.2. The number of likely N-dealkylation sites (tertiary alicyclic amines) is 2. The fourth-order valence-corrected chi connectivity index (χ4v) is 8.28. The van der Waals surface area contributed by atoms with Crippen LogP contribution in [0.2, 0.25) is 10.0 Å². The zero-order chi connectivity index (χ0) is 36.5. The number of halogens is 8. The van der Waals surface area contributed by atoms with Gasteiger partial charge in [0.1, 0.15) is 0 Å². The lowest BCUT2D eigenvalue weighted by Gasteiger charge is -2.48. The van der Waals surface area contributed by atoms with Gasteiger partial charge in [-0.05, 0) is 68.0 Å². The van der Waals surface area contributed by atoms with Crippen LogP contribution in [0.25, 0.3) is 0 Å². The van der Waals surface area contributed by atoms with Crippen LogP contribution in [0, 0.1) is 0 Å². The Kier molecular flexibility index (Phi) is 11.3. The summed E-state index contributed by atoms with van der Waals surface area (Å²) < 4.78 is 81.8. The van der Waals surface area contributed by atoms with Gasteiger partial charge in [-0.1, -0.05) is 59.6 Å². The maximum Gasteiger partial charge on any atom is 0.416 e. The summed E-state index contributed by atoms with van der Waals surface area (Å²) in [4.78, 5) is 35.2. The summed E-state index contributed by atoms with van der Waals surface area (Å²) in [5, 5.41) is 0.643. The first-order valence-corrected chi connectivity index (χ1v) is 17.8. The molecule has 0 aliphatic carbocycles. The number of rotatable bonds is 6. The fraction of sp³-hybridized carbons (Fsp3) is 0.459. The van der Waals surface area contributed by atoms with Crippen molar-refractivity contribution in [2.75, 3.05) is 45.8 Å². The van der Waals surface area contributed by atoms with Gasteiger partial charge in [0.2, 0.25) is 0 Å². The molecule has 6 nitrogen and oxygen atoms in total. The fourth-order valence-electron chi connectivity index (χ4n) is 7.72. The van der Waals surface area contributed by atoms with Gasteiger partial charge >= 0.3 is 12.4 Å². The second kappa shape index (κ2) is 15.3. The molecule has 3 heterocycles. The summed E-state index contributed by atoms with van der Waals surface area (Å²) in [6.45, 7) is 4.42. The molecule has 3 aliphatic rings. The standard InChI is InChI=1S/C37H38Cl2F6N4O2/c38-31-9-4-10-32(39)33(31)35(51)48-12-5-8-29(23-48)47-16-14-46(15-17-47)28-11-13-49(30(22-28)18-24-6-2-1-3-7-24)34(50)25-19-26(36(40,41)42)21-27(20-25)37(43,44)45/h1-4,6-7,9-10,19-21,28-30H,5,8,11-18,22-23H2/t28-,29?,30+/m0/s1. The minimum Gasteiger partial charge on any atom is -0.337 e. The molecule has 0 aromatic heterocycles. The molecule has 3 aromatic carbocycles. The Morgan fingerprint density at radius 3 is 1.86 bits per heavy atom. The average Bonchev–Trinajstić information content (AvgIpc) is 3.11. The van der Waals surface area contributed by atoms with E-state index in [0.717, 1.165) is 44.6 Å². The number of carbonyl (C=O) groups is 2. The molecular weight excluding hydrogens is 717 g/mol. The Labute approximate surface area is 302 Å². The third-order valence-electron chi connectivity index (χ3n) is 10.3. The molecule has 0 saturated carbocycles. The van der Waals surface area contributed by atoms with E-state index in [-0.39, 0.29) is 30.6 Å². The summed E-state index contributed by atoms with van der Waals surface area (Å²) in [7, 11) is 0. The Morgan fingerprint density at radius 2 is 1.27 bits per heavy atom. The van der Waals surface area contributed by atoms with Crippen molar-refractivity contribution >= 4 is 35.0 Å². The van der Waals surface area contributed by atoms with Crippen LogP contribution in [0.4, 0.5) is 26.3 Å². The second-order valence-corrected chi connectivity index (χ2v) is 14.3. The van der Waals surface area contributed by atoms with Crippen LogP contribution in [-0.2, 0) is 18.8 Å². The minimum atomic E-state index is -5.05. The van der Waals surface area contributed by atoms with Crippen molar-refractivity contribution in [1.82, 2.24) is 19.6 Å². The summed E-state index contributed by atoms with van der Waals surface area (Å²) in [5.74, 6) is -1.02. The van der Waals surface area contributed by atoms with Gasteiger partial charge in [0, 0.05) is 69.5 Å². The number of piperazine rings is 1. The molecule has 3 aliphatic heterocycles. The van der Waals surface area contributed by atoms with Crippen molar-refractivity contribution in [3.63, 3.8) is 0 Å². The van der Waals surface area contributed by atoms with Gasteiger partial charge < -0.3 is 9.80 Å². The van der Waals surface area contributed by atoms with E-state index in [4.69, 9.17) is 23.2 Å². The lowest BCUT2D eigenvalue weighted by atomic mass is 9.90. The van der Waals surface area contributed by atoms with E-state index in [1.807, 2.05) is 35.2 Å². The Bertz CT molecular complexity index is 1660. The Hall–Kier alpha value is -3.32. The smallest absolute Gasteiger partial charge is 0.337 e. The molecule has 3 saturated heterocycles. The first-order valence-electron chi connectivity index (χ1n) is 17.0. The first kappa shape index (κ1) is 37.4. The molecular formula is C37H38Cl2F6N4O2. The Balaban J connectivity index is 1.14. The van der Waals surface area contributed by atoms with Gasteiger partial charge in [0.25, 0.3) is 11.8 Å². The number of hydrogen-bond donors (Lipinski definition) is 0. The number of piperidine rings is 2. The molecule has 0 bridgehead atoms. The highest BCUT2D eigenvalue weighted by atomic mass is 35.5. The van der Waals surface area contributed by atoms with Crippen LogP contribution in [-0.4, -0.2) is 95.4 Å². The summed E-state index contributed by atoms with van der Waals surface area (Å²) >= 11 is 12.7. The van der Waals surface area contributed by atoms with Crippen molar-refractivity contribution in [3.8, 4) is 0 Å². The van der Waals surface area contributed by atoms with E-state index >= 15 is 0 Å². The lowest BCUT2D eigenvalue weighted by Crippen LogP contribution is -2.59. The van der Waals surface area contributed by atoms with Crippen LogP contribution in [0.15, 0.2) is 66.7 Å². The van der Waals surface area contributed by atoms with E-state index in [9.17, 15) is 35.9 Å². The van der Waals surface area contributed by atoms with Crippen LogP contribution < -0.4 is 0 Å². The number of amides is 2. The molecule has 1 unspecified atom stereocenters. The quantitative estimate of drug-likeness (QED) is 0.239. The van der Waals surface area contributed by atoms with Gasteiger partial charge in [-0.25, -0.2) is 0 Å². The van der Waals surface area contributed by atoms with Crippen LogP contribution in [0.5, 0.6) is 0 Å². The molecule has 0 radical (unpaired) electrons. The summed E-state index contributed by atoms with van der Waals surface area (Å²) in [5.41, 5.74) is -2.41. The molecule has 0 spiro atoms. The molecule has 2 amide bonds. The monoisotopic (exact) mass is 754 g/mol. The van der Waals surface area contributed by atoms with Crippen molar-refractivity contribution in [1.29, 1.82) is 0 Å². The number of alkyl halides is 6. The van der Waals surface area contributed by atoms with Crippen LogP contribution in [0.3, 0.4) is 0 Å². The highest BCUT2D eigenvalue weighted by molar-refractivity contribution is 6.39. The maximum absolute atomic E-state index is 13.8. The topological polar surface area (TPSA) is 47.1 Å². The molecule has 14 heteroatoms. The van der Waals surface area contributed by atoms with Crippen LogP contribution >= 0.6 is 23.2 Å². The molecule has 274 valence electrons. The highest BCUT2D eigenvalue weighted by Gasteiger charge is 2.41. The molecule has 51 heavy (non-hydrogen) atoms. The molecule has 0 N–H and O–H groups in total. The number of benzene rings is 3. The number of carbonyl (C=O) groups excluding carboxylic acids is 2. The average molecular weight is 756 g/mol. The van der Waals surface area contributed by atoms with E-state index < -0.39 is 41.0 Å². The predicted octanol–water partition coefficient (Wildman–Crippen LogP) is 8.17. The summed E-state index contributed by atoms with van der Waals surface area (Å²) in [6.07, 6.45) is -6.83. The molecule has 3 atom stereocenters. The second-order valence-electron chi connectivity index (χ2n) is 13.5. The molecule has 3 fully saturated rings. The third kappa shape index (κ3) is 8.67. The van der Waals surface area contributed by atoms with E-state index in [1.165, 1.54) is 4.90 Å². The van der Waals surface area contributed by atoms with Crippen molar-refractivity contribution in [2.24, 2.45) is 0 Å². The van der Waals surface area contributed by atoms with Crippen molar-refractivity contribution in [3.05, 3.63) is 105 Å². The normalized spacial score (nSPS) is 22.6. The van der Waals surface area contributed by atoms with Gasteiger partial charge in [-0.2, -0.15) is 26.3 Å². The summed E-state index contributed by atoms with van der Waals surface area (Å²) in [6, 6.07) is 15.3.